The fourth-order valence-corrected chi connectivity index (χ4v) is 0.0625. The van der Waals surface area contributed by atoms with Gasteiger partial charge < -0.3 is 0 Å². The topological polar surface area (TPSA) is 0 Å². The lowest BCUT2D eigenvalue weighted by Crippen LogP contribution is -1.67. The summed E-state index contributed by atoms with van der Waals surface area (Å²) in [5, 5.41) is 0. The van der Waals surface area contributed by atoms with Crippen molar-refractivity contribution in [3.63, 3.8) is 0 Å². The molecular weight excluding hydrogens is 72.1 g/mol. The first-order chi connectivity index (χ1) is 7.90. The van der Waals surface area contributed by atoms with E-state index in [1.165, 1.54) is 0 Å². The average Bonchev–Trinajstić information content (AvgIpc) is 2.12. The molecule has 0 heterocycles. The molecule has 0 aliphatic rings. The van der Waals surface area contributed by atoms with Crippen LogP contribution in [0.3, 0.4) is 0 Å². The van der Waals surface area contributed by atoms with Crippen molar-refractivity contribution in [3.05, 3.63) is 6.40 Å². The van der Waals surface area contributed by atoms with Crippen LogP contribution in [0.2, 0.25) is 0 Å². The van der Waals surface area contributed by atoms with E-state index in [2.05, 4.69) is 0 Å². The summed E-state index contributed by atoms with van der Waals surface area (Å²) in [6.07, 6.45) is -12.7. The van der Waals surface area contributed by atoms with Crippen LogP contribution in [0.1, 0.15) is 50.6 Å². The van der Waals surface area contributed by atoms with Crippen molar-refractivity contribution >= 4 is 0 Å². The summed E-state index contributed by atoms with van der Waals surface area (Å²) in [6.45, 7) is -6.81. The molecule has 0 rings (SSSR count). The fraction of sp³-hybridized carbons (Fsp3) is 0.833. The number of hydrogen-bond acceptors (Lipinski definition) is 0. The Kier molecular flexibility index (Phi) is 0.386. The van der Waals surface area contributed by atoms with E-state index < -0.39 is 39.2 Å². The molecule has 6 heavy (non-hydrogen) atoms. The summed E-state index contributed by atoms with van der Waals surface area (Å²) in [5.41, 5.74) is 0. The Hall–Kier alpha value is 0. The summed E-state index contributed by atoms with van der Waals surface area (Å²) in [4.78, 5) is 0. The van der Waals surface area contributed by atoms with Crippen molar-refractivity contribution < 1.29 is 17.8 Å². The Balaban J connectivity index is 5.78. The van der Waals surface area contributed by atoms with Gasteiger partial charge in [-0.3, -0.25) is 0 Å². The smallest absolute Gasteiger partial charge is 0.0303 e. The van der Waals surface area contributed by atoms with E-state index in [1.54, 1.807) is 0 Å². The maximum absolute atomic E-state index is 7.36. The van der Waals surface area contributed by atoms with Crippen molar-refractivity contribution in [1.29, 1.82) is 0 Å². The van der Waals surface area contributed by atoms with Gasteiger partial charge in [-0.25, -0.2) is 0 Å². The van der Waals surface area contributed by atoms with E-state index in [-0.39, 0.29) is 0 Å². The van der Waals surface area contributed by atoms with Crippen molar-refractivity contribution in [2.45, 2.75) is 32.8 Å². The molecule has 0 saturated heterocycles. The minimum Gasteiger partial charge on any atom is -0.0654 e. The van der Waals surface area contributed by atoms with Crippen LogP contribution in [0, 0.1) is 6.40 Å². The van der Waals surface area contributed by atoms with Crippen LogP contribution < -0.4 is 0 Å². The van der Waals surface area contributed by atoms with Gasteiger partial charge in [-0.2, -0.15) is 0 Å². The summed E-state index contributed by atoms with van der Waals surface area (Å²) >= 11 is 0. The van der Waals surface area contributed by atoms with Crippen molar-refractivity contribution in [3.8, 4) is 0 Å². The van der Waals surface area contributed by atoms with Crippen molar-refractivity contribution in [2.75, 3.05) is 0 Å². The largest absolute Gasteiger partial charge is 0.0654 e. The molecule has 0 aromatic heterocycles. The van der Waals surface area contributed by atoms with E-state index in [0.717, 1.165) is 0 Å². The molecule has 1 radical (unpaired) electrons. The maximum atomic E-state index is 7.36. The molecule has 0 nitrogen and oxygen atoms in total. The Morgan fingerprint density at radius 2 is 3.17 bits per heavy atom. The second-order valence-electron chi connectivity index (χ2n) is 0.500. The number of hydrogen-bond donors (Lipinski definition) is 0. The van der Waals surface area contributed by atoms with Crippen molar-refractivity contribution in [1.82, 2.24) is 0 Å². The zero-order valence-electron chi connectivity index (χ0n) is 16.0. The Labute approximate surface area is 58.8 Å². The molecule has 0 aromatic rings. The molecule has 0 heteroatoms. The summed E-state index contributed by atoms with van der Waals surface area (Å²) in [7, 11) is 0. The van der Waals surface area contributed by atoms with Gasteiger partial charge in [0, 0.05) is 17.8 Å². The predicted octanol–water partition coefficient (Wildman–Crippen LogP) is 2.40. The third-order valence-corrected chi connectivity index (χ3v) is 0.188. The highest BCUT2D eigenvalue weighted by molar-refractivity contribution is 4.52. The minimum absolute atomic E-state index is 1.68. The molecule has 0 spiro atoms. The fourth-order valence-electron chi connectivity index (χ4n) is 0.0625. The van der Waals surface area contributed by atoms with E-state index in [0.29, 0.717) is 0 Å². The standard InChI is InChI=1S/C6H13/c1-3-5-6-4-2/h3H,4-6H2,1-2H3/i1D3,2D3,3D,4D2,5D2,6D2. The van der Waals surface area contributed by atoms with Gasteiger partial charge in [0.1, 0.15) is 0 Å². The van der Waals surface area contributed by atoms with Crippen LogP contribution in [0.15, 0.2) is 0 Å². The van der Waals surface area contributed by atoms with Gasteiger partial charge in [0.15, 0.2) is 0 Å². The zero-order valence-corrected chi connectivity index (χ0v) is 3.00. The lowest BCUT2D eigenvalue weighted by Gasteiger charge is -1.85. The van der Waals surface area contributed by atoms with Crippen LogP contribution >= 0.6 is 0 Å². The van der Waals surface area contributed by atoms with Gasteiger partial charge in [-0.15, -0.1) is 0 Å². The second-order valence-corrected chi connectivity index (χ2v) is 0.500. The molecule has 0 aromatic carbocycles. The maximum Gasteiger partial charge on any atom is 0.0303 e. The molecule has 0 N–H and O–H groups in total. The van der Waals surface area contributed by atoms with Crippen LogP contribution in [-0.2, 0) is 0 Å². The lowest BCUT2D eigenvalue weighted by molar-refractivity contribution is 0.784. The Morgan fingerprint density at radius 1 is 2.17 bits per heavy atom. The predicted molar refractivity (Wildman–Crippen MR) is 29.5 cm³/mol. The SMILES string of the molecule is [2H][C](C([2H])([2H])[2H])C([2H])([2H])C([2H])([2H])C([2H])([2H])C([2H])([2H])[2H]. The zero-order chi connectivity index (χ0) is 16.1. The number of rotatable bonds is 3. The van der Waals surface area contributed by atoms with Gasteiger partial charge in [0.2, 0.25) is 0 Å². The molecule has 0 unspecified atom stereocenters. The molecule has 0 saturated carbocycles. The molecule has 37 valence electrons. The lowest BCUT2D eigenvalue weighted by atomic mass is 10.2. The highest BCUT2D eigenvalue weighted by Gasteiger charge is 1.75. The van der Waals surface area contributed by atoms with Gasteiger partial charge in [0.25, 0.3) is 0 Å². The second kappa shape index (κ2) is 5.00. The monoisotopic (exact) mass is 98.2 g/mol. The van der Waals surface area contributed by atoms with E-state index in [4.69, 9.17) is 17.8 Å². The van der Waals surface area contributed by atoms with Gasteiger partial charge >= 0.3 is 0 Å². The molecule has 0 aliphatic heterocycles. The first-order valence-electron chi connectivity index (χ1n) is 7.75. The molecule has 0 atom stereocenters. The molecule has 0 aliphatic carbocycles. The van der Waals surface area contributed by atoms with E-state index in [1.807, 2.05) is 0 Å². The van der Waals surface area contributed by atoms with E-state index in [9.17, 15) is 0 Å². The molecule has 0 amide bonds. The van der Waals surface area contributed by atoms with Gasteiger partial charge in [-0.05, 0) is 6.40 Å². The Morgan fingerprint density at radius 3 is 3.83 bits per heavy atom. The summed E-state index contributed by atoms with van der Waals surface area (Å²) < 4.78 is 92.4. The third kappa shape index (κ3) is 4.00. The van der Waals surface area contributed by atoms with E-state index >= 15 is 0 Å². The summed E-state index contributed by atoms with van der Waals surface area (Å²) in [6, 6.07) is 0. The Bertz CT molecular complexity index is 319. The first kappa shape index (κ1) is 0.463. The van der Waals surface area contributed by atoms with Gasteiger partial charge in [-0.1, -0.05) is 32.8 Å². The molecular formula is C6H13. The van der Waals surface area contributed by atoms with Crippen LogP contribution in [0.5, 0.6) is 0 Å². The van der Waals surface area contributed by atoms with Crippen LogP contribution in [-0.4, -0.2) is 0 Å². The third-order valence-electron chi connectivity index (χ3n) is 0.188. The normalized spacial score (nSPS) is 53.2. The quantitative estimate of drug-likeness (QED) is 0.508. The summed E-state index contributed by atoms with van der Waals surface area (Å²) in [5.74, 6) is 0. The molecule has 0 bridgehead atoms. The van der Waals surface area contributed by atoms with Crippen LogP contribution in [0.25, 0.3) is 0 Å². The van der Waals surface area contributed by atoms with Crippen LogP contribution in [0.4, 0.5) is 0 Å². The average molecular weight is 98.2 g/mol. The highest BCUT2D eigenvalue weighted by Crippen LogP contribution is 1.94. The minimum atomic E-state index is -3.73. The van der Waals surface area contributed by atoms with Gasteiger partial charge in [0.05, 0.1) is 0 Å². The van der Waals surface area contributed by atoms with Crippen molar-refractivity contribution in [2.24, 2.45) is 0 Å². The highest BCUT2D eigenvalue weighted by atomic mass is 13.8. The molecule has 0 fully saturated rings. The first-order valence-corrected chi connectivity index (χ1v) is 1.25.